The lowest BCUT2D eigenvalue weighted by molar-refractivity contribution is 0.122. The topological polar surface area (TPSA) is 47.5 Å². The highest BCUT2D eigenvalue weighted by molar-refractivity contribution is 5.88. The Bertz CT molecular complexity index is 692. The molecule has 128 valence electrons. The van der Waals surface area contributed by atoms with Gasteiger partial charge in [-0.3, -0.25) is 0 Å². The average Bonchev–Trinajstić information content (AvgIpc) is 2.64. The minimum atomic E-state index is 0.310. The molecule has 2 aliphatic rings. The van der Waals surface area contributed by atoms with E-state index in [1.807, 2.05) is 6.20 Å². The molecule has 5 heteroatoms. The summed E-state index contributed by atoms with van der Waals surface area (Å²) in [5.41, 5.74) is 2.12. The van der Waals surface area contributed by atoms with Gasteiger partial charge in [-0.2, -0.15) is 0 Å². The lowest BCUT2D eigenvalue weighted by atomic mass is 9.89. The van der Waals surface area contributed by atoms with Crippen molar-refractivity contribution in [2.75, 3.05) is 31.2 Å². The van der Waals surface area contributed by atoms with Crippen molar-refractivity contribution in [1.82, 2.24) is 9.97 Å². The molecular weight excluding hydrogens is 302 g/mol. The third-order valence-corrected chi connectivity index (χ3v) is 5.20. The van der Waals surface area contributed by atoms with Gasteiger partial charge >= 0.3 is 0 Å². The summed E-state index contributed by atoms with van der Waals surface area (Å²) in [4.78, 5) is 11.0. The third-order valence-electron chi connectivity index (χ3n) is 5.20. The van der Waals surface area contributed by atoms with Crippen LogP contribution in [-0.2, 0) is 4.74 Å². The molecule has 1 saturated heterocycles. The van der Waals surface area contributed by atoms with Gasteiger partial charge in [0.15, 0.2) is 0 Å². The van der Waals surface area contributed by atoms with Gasteiger partial charge in [-0.15, -0.1) is 0 Å². The van der Waals surface area contributed by atoms with Gasteiger partial charge < -0.3 is 14.4 Å². The van der Waals surface area contributed by atoms with Crippen LogP contribution in [0.2, 0.25) is 0 Å². The smallest absolute Gasteiger partial charge is 0.132 e. The first-order valence-corrected chi connectivity index (χ1v) is 9.03. The predicted molar refractivity (Wildman–Crippen MR) is 94.6 cm³/mol. The number of morpholine rings is 1. The first-order valence-electron chi connectivity index (χ1n) is 9.03. The molecule has 1 aliphatic carbocycles. The molecule has 1 saturated carbocycles. The molecule has 5 nitrogen and oxygen atoms in total. The van der Waals surface area contributed by atoms with Crippen molar-refractivity contribution >= 4 is 16.6 Å². The molecule has 1 aromatic heterocycles. The van der Waals surface area contributed by atoms with Gasteiger partial charge in [-0.05, 0) is 37.7 Å². The number of hydrogen-bond donors (Lipinski definition) is 0. The Morgan fingerprint density at radius 1 is 1.12 bits per heavy atom. The quantitative estimate of drug-likeness (QED) is 0.864. The van der Waals surface area contributed by atoms with Crippen LogP contribution < -0.4 is 9.64 Å². The molecule has 0 N–H and O–H groups in total. The van der Waals surface area contributed by atoms with E-state index in [0.29, 0.717) is 6.10 Å². The van der Waals surface area contributed by atoms with Crippen molar-refractivity contribution in [3.63, 3.8) is 0 Å². The number of ether oxygens (including phenoxy) is 2. The maximum absolute atomic E-state index is 6.41. The molecule has 1 aliphatic heterocycles. The first-order chi connectivity index (χ1) is 11.8. The second kappa shape index (κ2) is 6.93. The normalized spacial score (nSPS) is 25.0. The van der Waals surface area contributed by atoms with E-state index >= 15 is 0 Å². The number of hydrogen-bond acceptors (Lipinski definition) is 5. The molecule has 0 bridgehead atoms. The fourth-order valence-corrected chi connectivity index (χ4v) is 3.67. The van der Waals surface area contributed by atoms with E-state index in [1.165, 1.54) is 18.5 Å². The summed E-state index contributed by atoms with van der Waals surface area (Å²) in [5, 5.41) is 1.01. The highest BCUT2D eigenvalue weighted by Crippen LogP contribution is 2.34. The Morgan fingerprint density at radius 3 is 2.71 bits per heavy atom. The van der Waals surface area contributed by atoms with Crippen molar-refractivity contribution in [2.24, 2.45) is 5.92 Å². The average molecular weight is 327 g/mol. The van der Waals surface area contributed by atoms with Gasteiger partial charge in [0.05, 0.1) is 30.2 Å². The van der Waals surface area contributed by atoms with Crippen molar-refractivity contribution in [3.8, 4) is 5.75 Å². The van der Waals surface area contributed by atoms with Crippen LogP contribution in [0.5, 0.6) is 5.75 Å². The van der Waals surface area contributed by atoms with Crippen molar-refractivity contribution in [3.05, 3.63) is 24.7 Å². The minimum absolute atomic E-state index is 0.310. The summed E-state index contributed by atoms with van der Waals surface area (Å²) in [7, 11) is 0. The van der Waals surface area contributed by atoms with Crippen LogP contribution >= 0.6 is 0 Å². The second-order valence-electron chi connectivity index (χ2n) is 7.00. The van der Waals surface area contributed by atoms with Crippen LogP contribution in [0.3, 0.4) is 0 Å². The fourth-order valence-electron chi connectivity index (χ4n) is 3.67. The van der Waals surface area contributed by atoms with E-state index in [9.17, 15) is 0 Å². The fraction of sp³-hybridized carbons (Fsp3) is 0.579. The van der Waals surface area contributed by atoms with E-state index in [4.69, 9.17) is 9.47 Å². The molecule has 0 atom stereocenters. The Kier molecular flexibility index (Phi) is 4.52. The van der Waals surface area contributed by atoms with Crippen LogP contribution in [0.15, 0.2) is 24.7 Å². The lowest BCUT2D eigenvalue weighted by Gasteiger charge is -2.30. The lowest BCUT2D eigenvalue weighted by Crippen LogP contribution is -2.36. The van der Waals surface area contributed by atoms with Crippen LogP contribution in [0.25, 0.3) is 10.9 Å². The molecule has 0 spiro atoms. The van der Waals surface area contributed by atoms with Gasteiger partial charge in [0.2, 0.25) is 0 Å². The number of fused-ring (bicyclic) bond motifs is 1. The molecule has 0 radical (unpaired) electrons. The zero-order valence-corrected chi connectivity index (χ0v) is 14.3. The van der Waals surface area contributed by atoms with Gasteiger partial charge in [-0.25, -0.2) is 9.97 Å². The highest BCUT2D eigenvalue weighted by Gasteiger charge is 2.21. The summed E-state index contributed by atoms with van der Waals surface area (Å²) in [6, 6.07) is 4.30. The van der Waals surface area contributed by atoms with Crippen molar-refractivity contribution in [2.45, 2.75) is 38.7 Å². The van der Waals surface area contributed by atoms with E-state index in [0.717, 1.165) is 61.7 Å². The highest BCUT2D eigenvalue weighted by atomic mass is 16.5. The Labute approximate surface area is 143 Å². The zero-order chi connectivity index (χ0) is 16.4. The maximum atomic E-state index is 6.41. The molecule has 2 fully saturated rings. The summed E-state index contributed by atoms with van der Waals surface area (Å²) in [5.74, 6) is 1.75. The molecule has 4 rings (SSSR count). The Morgan fingerprint density at radius 2 is 1.92 bits per heavy atom. The first kappa shape index (κ1) is 15.6. The summed E-state index contributed by atoms with van der Waals surface area (Å²) in [6.07, 6.45) is 8.56. The second-order valence-corrected chi connectivity index (χ2v) is 7.00. The van der Waals surface area contributed by atoms with E-state index in [-0.39, 0.29) is 0 Å². The largest absolute Gasteiger partial charge is 0.490 e. The van der Waals surface area contributed by atoms with Gasteiger partial charge in [0.1, 0.15) is 12.1 Å². The molecule has 0 amide bonds. The number of anilines is 1. The van der Waals surface area contributed by atoms with Gasteiger partial charge in [0.25, 0.3) is 0 Å². The summed E-state index contributed by atoms with van der Waals surface area (Å²) < 4.78 is 11.9. The van der Waals surface area contributed by atoms with Gasteiger partial charge in [0, 0.05) is 31.0 Å². The molecular formula is C19H25N3O2. The van der Waals surface area contributed by atoms with Crippen molar-refractivity contribution < 1.29 is 9.47 Å². The van der Waals surface area contributed by atoms with E-state index in [1.54, 1.807) is 6.33 Å². The number of aromatic nitrogens is 2. The molecule has 2 heterocycles. The van der Waals surface area contributed by atoms with Crippen LogP contribution in [0.1, 0.15) is 32.6 Å². The van der Waals surface area contributed by atoms with E-state index < -0.39 is 0 Å². The Balaban J connectivity index is 1.64. The molecule has 1 aromatic carbocycles. The molecule has 0 unspecified atom stereocenters. The molecule has 24 heavy (non-hydrogen) atoms. The van der Waals surface area contributed by atoms with Crippen LogP contribution in [0.4, 0.5) is 5.69 Å². The van der Waals surface area contributed by atoms with Gasteiger partial charge in [-0.1, -0.05) is 6.92 Å². The summed E-state index contributed by atoms with van der Waals surface area (Å²) in [6.45, 7) is 5.71. The summed E-state index contributed by atoms with van der Waals surface area (Å²) >= 11 is 0. The minimum Gasteiger partial charge on any atom is -0.490 e. The standard InChI is InChI=1S/C19H25N3O2/c1-14-2-4-16(5-3-14)24-19-11-15(22-6-8-23-9-7-22)10-18-17(19)12-20-13-21-18/h10-14,16H,2-9H2,1H3. The molecule has 2 aromatic rings. The number of rotatable bonds is 3. The monoisotopic (exact) mass is 327 g/mol. The van der Waals surface area contributed by atoms with Crippen LogP contribution in [0, 0.1) is 5.92 Å². The Hall–Kier alpha value is -1.88. The SMILES string of the molecule is CC1CCC(Oc2cc(N3CCOCC3)cc3ncncc23)CC1. The van der Waals surface area contributed by atoms with Crippen LogP contribution in [-0.4, -0.2) is 42.4 Å². The maximum Gasteiger partial charge on any atom is 0.132 e. The van der Waals surface area contributed by atoms with Crippen molar-refractivity contribution in [1.29, 1.82) is 0 Å². The number of benzene rings is 1. The zero-order valence-electron chi connectivity index (χ0n) is 14.3. The predicted octanol–water partition coefficient (Wildman–Crippen LogP) is 3.42. The van der Waals surface area contributed by atoms with E-state index in [2.05, 4.69) is 33.9 Å². The number of nitrogens with zero attached hydrogens (tertiary/aromatic N) is 3. The third kappa shape index (κ3) is 3.31.